The Kier molecular flexibility index (Phi) is 7.73. The van der Waals surface area contributed by atoms with E-state index in [0.29, 0.717) is 16.9 Å². The summed E-state index contributed by atoms with van der Waals surface area (Å²) in [5, 5.41) is 0. The van der Waals surface area contributed by atoms with Crippen LogP contribution in [0.3, 0.4) is 0 Å². The summed E-state index contributed by atoms with van der Waals surface area (Å²) in [6.45, 7) is 5.25. The molecule has 0 saturated heterocycles. The predicted molar refractivity (Wildman–Crippen MR) is 122 cm³/mol. The van der Waals surface area contributed by atoms with Crippen molar-refractivity contribution >= 4 is 17.9 Å². The van der Waals surface area contributed by atoms with Crippen LogP contribution in [0.4, 0.5) is 0 Å². The smallest absolute Gasteiger partial charge is 0.347 e. The van der Waals surface area contributed by atoms with Gasteiger partial charge in [-0.1, -0.05) is 42.0 Å². The van der Waals surface area contributed by atoms with Crippen molar-refractivity contribution in [2.45, 2.75) is 32.5 Å². The molecule has 0 spiro atoms. The lowest BCUT2D eigenvalue weighted by Crippen LogP contribution is -2.42. The second kappa shape index (κ2) is 10.5. The maximum atomic E-state index is 13.4. The van der Waals surface area contributed by atoms with Crippen LogP contribution < -0.4 is 4.74 Å². The van der Waals surface area contributed by atoms with E-state index in [9.17, 15) is 14.4 Å². The molecular formula is C26H28O8. The molecule has 0 radical (unpaired) electrons. The molecule has 8 nitrogen and oxygen atoms in total. The maximum Gasteiger partial charge on any atom is 0.347 e. The van der Waals surface area contributed by atoms with Gasteiger partial charge in [-0.15, -0.1) is 0 Å². The molecule has 0 amide bonds. The van der Waals surface area contributed by atoms with E-state index in [-0.39, 0.29) is 24.4 Å². The summed E-state index contributed by atoms with van der Waals surface area (Å²) in [5.41, 5.74) is -0.641. The molecule has 2 atom stereocenters. The molecule has 2 aromatic rings. The summed E-state index contributed by atoms with van der Waals surface area (Å²) in [5.74, 6) is -1.93. The second-order valence-electron chi connectivity index (χ2n) is 7.54. The zero-order chi connectivity index (χ0) is 24.9. The van der Waals surface area contributed by atoms with E-state index in [2.05, 4.69) is 0 Å². The molecule has 0 N–H and O–H groups in total. The van der Waals surface area contributed by atoms with E-state index in [1.807, 2.05) is 6.92 Å². The van der Waals surface area contributed by atoms with Gasteiger partial charge in [-0.05, 0) is 44.0 Å². The third kappa shape index (κ3) is 4.41. The van der Waals surface area contributed by atoms with Crippen LogP contribution >= 0.6 is 0 Å². The Bertz CT molecular complexity index is 1080. The molecule has 0 saturated carbocycles. The summed E-state index contributed by atoms with van der Waals surface area (Å²) >= 11 is 0. The quantitative estimate of drug-likeness (QED) is 0.429. The average molecular weight is 469 g/mol. The van der Waals surface area contributed by atoms with E-state index in [4.69, 9.17) is 23.7 Å². The Labute approximate surface area is 198 Å². The number of esters is 3. The molecule has 0 fully saturated rings. The van der Waals surface area contributed by atoms with E-state index in [1.54, 1.807) is 62.4 Å². The van der Waals surface area contributed by atoms with E-state index in [1.165, 1.54) is 14.2 Å². The van der Waals surface area contributed by atoms with Gasteiger partial charge in [0.15, 0.2) is 0 Å². The zero-order valence-electron chi connectivity index (χ0n) is 19.9. The van der Waals surface area contributed by atoms with Crippen LogP contribution in [0.5, 0.6) is 5.75 Å². The molecule has 3 rings (SSSR count). The summed E-state index contributed by atoms with van der Waals surface area (Å²) in [6.07, 6.45) is -1.11. The van der Waals surface area contributed by atoms with Crippen LogP contribution in [-0.4, -0.2) is 45.3 Å². The number of ether oxygens (including phenoxy) is 5. The first-order valence-electron chi connectivity index (χ1n) is 10.9. The second-order valence-corrected chi connectivity index (χ2v) is 7.54. The number of hydrogen-bond acceptors (Lipinski definition) is 8. The first kappa shape index (κ1) is 25.0. The number of benzene rings is 2. The zero-order valence-corrected chi connectivity index (χ0v) is 19.9. The van der Waals surface area contributed by atoms with Crippen LogP contribution in [0, 0.1) is 6.92 Å². The molecule has 2 aromatic carbocycles. The highest BCUT2D eigenvalue weighted by Crippen LogP contribution is 2.51. The lowest BCUT2D eigenvalue weighted by Gasteiger charge is -2.29. The van der Waals surface area contributed by atoms with Gasteiger partial charge in [0.25, 0.3) is 0 Å². The van der Waals surface area contributed by atoms with Crippen LogP contribution in [0.25, 0.3) is 0 Å². The normalized spacial score (nSPS) is 19.5. The molecule has 0 aromatic heterocycles. The van der Waals surface area contributed by atoms with Crippen molar-refractivity contribution in [1.82, 2.24) is 0 Å². The van der Waals surface area contributed by atoms with Gasteiger partial charge in [-0.3, -0.25) is 0 Å². The molecule has 1 aliphatic rings. The number of carbonyl (C=O) groups excluding carboxylic acids is 3. The highest BCUT2D eigenvalue weighted by atomic mass is 16.6. The lowest BCUT2D eigenvalue weighted by molar-refractivity contribution is -0.170. The molecule has 180 valence electrons. The van der Waals surface area contributed by atoms with Crippen molar-refractivity contribution in [3.63, 3.8) is 0 Å². The molecule has 34 heavy (non-hydrogen) atoms. The monoisotopic (exact) mass is 468 g/mol. The minimum Gasteiger partial charge on any atom is -0.497 e. The van der Waals surface area contributed by atoms with Crippen molar-refractivity contribution in [3.8, 4) is 5.75 Å². The minimum atomic E-state index is -2.04. The molecule has 0 bridgehead atoms. The van der Waals surface area contributed by atoms with Crippen LogP contribution in [-0.2, 0) is 38.9 Å². The molecular weight excluding hydrogens is 440 g/mol. The molecule has 0 aliphatic carbocycles. The van der Waals surface area contributed by atoms with Gasteiger partial charge in [0.2, 0.25) is 5.60 Å². The lowest BCUT2D eigenvalue weighted by atomic mass is 9.83. The van der Waals surface area contributed by atoms with Gasteiger partial charge in [0, 0.05) is 0 Å². The van der Waals surface area contributed by atoms with E-state index >= 15 is 0 Å². The highest BCUT2D eigenvalue weighted by molar-refractivity contribution is 6.09. The number of methoxy groups -OCH3 is 2. The fourth-order valence-corrected chi connectivity index (χ4v) is 3.92. The predicted octanol–water partition coefficient (Wildman–Crippen LogP) is 3.57. The van der Waals surface area contributed by atoms with Gasteiger partial charge in [0.1, 0.15) is 11.9 Å². The Morgan fingerprint density at radius 3 is 2.00 bits per heavy atom. The van der Waals surface area contributed by atoms with Crippen molar-refractivity contribution in [3.05, 3.63) is 76.4 Å². The van der Waals surface area contributed by atoms with Gasteiger partial charge in [-0.2, -0.15) is 0 Å². The standard InChI is InChI=1S/C26H28O8/c1-6-32-23(27)20-21(24(28)33-7-2)26(25(29)31-5,18-12-8-16(3)9-13-18)34-22(20)17-10-14-19(30-4)15-11-17/h8-15,22H,6-7H2,1-5H3/t22-,26+/m0/s1. The Morgan fingerprint density at radius 2 is 1.47 bits per heavy atom. The largest absolute Gasteiger partial charge is 0.497 e. The average Bonchev–Trinajstić information content (AvgIpc) is 3.21. The summed E-state index contributed by atoms with van der Waals surface area (Å²) < 4.78 is 27.3. The number of carbonyl (C=O) groups is 3. The van der Waals surface area contributed by atoms with Crippen LogP contribution in [0.15, 0.2) is 59.7 Å². The number of rotatable bonds is 8. The SMILES string of the molecule is CCOC(=O)C1=C(C(=O)OCC)[C@@](C(=O)OC)(c2ccc(C)cc2)O[C@H]1c1ccc(OC)cc1. The van der Waals surface area contributed by atoms with Gasteiger partial charge in [0.05, 0.1) is 38.6 Å². The summed E-state index contributed by atoms with van der Waals surface area (Å²) in [7, 11) is 2.72. The minimum absolute atomic E-state index is 0.0246. The third-order valence-electron chi connectivity index (χ3n) is 5.50. The Balaban J connectivity index is 2.36. The van der Waals surface area contributed by atoms with Crippen molar-refractivity contribution in [2.24, 2.45) is 0 Å². The molecule has 1 heterocycles. The molecule has 1 aliphatic heterocycles. The van der Waals surface area contributed by atoms with Crippen molar-refractivity contribution < 1.29 is 38.1 Å². The van der Waals surface area contributed by atoms with Crippen molar-refractivity contribution in [2.75, 3.05) is 27.4 Å². The number of hydrogen-bond donors (Lipinski definition) is 0. The highest BCUT2D eigenvalue weighted by Gasteiger charge is 2.60. The fourth-order valence-electron chi connectivity index (χ4n) is 3.92. The Morgan fingerprint density at radius 1 is 0.882 bits per heavy atom. The van der Waals surface area contributed by atoms with Gasteiger partial charge < -0.3 is 23.7 Å². The van der Waals surface area contributed by atoms with Gasteiger partial charge >= 0.3 is 17.9 Å². The fraction of sp³-hybridized carbons (Fsp3) is 0.346. The molecule has 0 unspecified atom stereocenters. The Hall–Kier alpha value is -3.65. The summed E-state index contributed by atoms with van der Waals surface area (Å²) in [6, 6.07) is 13.6. The van der Waals surface area contributed by atoms with E-state index in [0.717, 1.165) is 5.56 Å². The molecule has 8 heteroatoms. The first-order valence-corrected chi connectivity index (χ1v) is 10.9. The first-order chi connectivity index (χ1) is 16.3. The maximum absolute atomic E-state index is 13.4. The van der Waals surface area contributed by atoms with Crippen LogP contribution in [0.2, 0.25) is 0 Å². The van der Waals surface area contributed by atoms with E-state index < -0.39 is 29.6 Å². The third-order valence-corrected chi connectivity index (χ3v) is 5.50. The van der Waals surface area contributed by atoms with Gasteiger partial charge in [-0.25, -0.2) is 14.4 Å². The van der Waals surface area contributed by atoms with Crippen LogP contribution in [0.1, 0.15) is 36.6 Å². The summed E-state index contributed by atoms with van der Waals surface area (Å²) in [4.78, 5) is 39.9. The topological polar surface area (TPSA) is 97.4 Å². The van der Waals surface area contributed by atoms with Crippen molar-refractivity contribution in [1.29, 1.82) is 0 Å². The number of aryl methyl sites for hydroxylation is 1.